The van der Waals surface area contributed by atoms with Gasteiger partial charge in [0.1, 0.15) is 11.7 Å². The van der Waals surface area contributed by atoms with E-state index >= 15 is 0 Å². The van der Waals surface area contributed by atoms with Crippen molar-refractivity contribution < 1.29 is 47.4 Å². The van der Waals surface area contributed by atoms with Gasteiger partial charge in [-0.05, 0) is 26.7 Å². The first-order valence-electron chi connectivity index (χ1n) is 15.2. The van der Waals surface area contributed by atoms with Crippen LogP contribution in [0.2, 0.25) is 0 Å². The maximum absolute atomic E-state index is 13.4. The number of aliphatic carboxylic acids is 1. The fraction of sp³-hybridized carbons (Fsp3) is 0.407. The minimum absolute atomic E-state index is 0.0303. The average molecular weight is 766 g/mol. The highest BCUT2D eigenvalue weighted by molar-refractivity contribution is 7.88. The van der Waals surface area contributed by atoms with E-state index < -0.39 is 74.8 Å². The Bertz CT molecular complexity index is 2220. The Kier molecular flexibility index (Phi) is 10.2. The topological polar surface area (TPSA) is 324 Å². The highest BCUT2D eigenvalue weighted by atomic mass is 32.2. The zero-order chi connectivity index (χ0) is 38.1. The summed E-state index contributed by atoms with van der Waals surface area (Å²) in [5.41, 5.74) is 0.809. The standard InChI is InChI=1S/C27H31N11O12S2/c1-27(2,23(44)45)50-33-19(15-12-51-24(28)31-15)21(42)30-14-11-37(22(14)43)25(46)34-52(48,49)38-26(47)36(8-4-7-35-6-3-5-18(35)41)20(32-38)13-9-16(39)17(40)10-29-13/h9-10,12,14,40H,3-8,11H2,1-2H3,(H2,28,31)(H,29,39)(H,30,42)(H,34,46)(H,44,45)/t14-/m0/s1. The van der Waals surface area contributed by atoms with Crippen LogP contribution in [0.25, 0.3) is 11.5 Å². The summed E-state index contributed by atoms with van der Waals surface area (Å²) in [6.07, 6.45) is 2.13. The van der Waals surface area contributed by atoms with E-state index in [0.717, 1.165) is 42.0 Å². The van der Waals surface area contributed by atoms with Crippen molar-refractivity contribution in [2.75, 3.05) is 25.4 Å². The van der Waals surface area contributed by atoms with E-state index in [2.05, 4.69) is 25.5 Å². The first-order valence-corrected chi connectivity index (χ1v) is 17.5. The molecular formula is C27H31N11O12S2. The smallest absolute Gasteiger partial charge is 0.362 e. The number of carboxylic acid groups (broad SMARTS) is 1. The van der Waals surface area contributed by atoms with Gasteiger partial charge in [-0.2, -0.15) is 8.42 Å². The number of nitrogen functional groups attached to an aromatic ring is 1. The number of anilines is 1. The fourth-order valence-corrected chi connectivity index (χ4v) is 6.29. The van der Waals surface area contributed by atoms with Gasteiger partial charge >= 0.3 is 27.9 Å². The number of hydrogen-bond donors (Lipinski definition) is 6. The predicted octanol–water partition coefficient (Wildman–Crippen LogP) is -2.43. The minimum atomic E-state index is -5.15. The number of nitrogens with two attached hydrogens (primary N) is 1. The Balaban J connectivity index is 1.30. The molecule has 2 aliphatic heterocycles. The second-order valence-corrected chi connectivity index (χ2v) is 14.2. The normalized spacial score (nSPS) is 16.5. The number of pyridine rings is 1. The number of hydrogen-bond acceptors (Lipinski definition) is 16. The molecule has 2 saturated heterocycles. The molecule has 0 bridgehead atoms. The molecule has 7 N–H and O–H groups in total. The first-order chi connectivity index (χ1) is 24.4. The van der Waals surface area contributed by atoms with Crippen LogP contribution >= 0.6 is 11.3 Å². The third-order valence-corrected chi connectivity index (χ3v) is 9.53. The highest BCUT2D eigenvalue weighted by Gasteiger charge is 2.44. The molecule has 2 fully saturated rings. The molecule has 23 nitrogen and oxygen atoms in total. The van der Waals surface area contributed by atoms with E-state index in [0.29, 0.717) is 24.3 Å². The lowest BCUT2D eigenvalue weighted by atomic mass is 10.1. The molecular weight excluding hydrogens is 734 g/mol. The number of urea groups is 1. The van der Waals surface area contributed by atoms with E-state index in [1.807, 2.05) is 0 Å². The lowest BCUT2D eigenvalue weighted by molar-refractivity contribution is -0.161. The molecule has 0 unspecified atom stereocenters. The Hall–Kier alpha value is -6.11. The second-order valence-electron chi connectivity index (χ2n) is 11.8. The molecule has 3 aromatic heterocycles. The van der Waals surface area contributed by atoms with Crippen LogP contribution in [0, 0.1) is 0 Å². The van der Waals surface area contributed by atoms with Gasteiger partial charge in [0.05, 0.1) is 12.2 Å². The number of imide groups is 1. The Morgan fingerprint density at radius 3 is 2.54 bits per heavy atom. The molecule has 1 atom stereocenters. The van der Waals surface area contributed by atoms with Crippen LogP contribution in [0.15, 0.2) is 32.4 Å². The van der Waals surface area contributed by atoms with Gasteiger partial charge < -0.3 is 36.0 Å². The van der Waals surface area contributed by atoms with Crippen LogP contribution < -0.4 is 26.9 Å². The van der Waals surface area contributed by atoms with Gasteiger partial charge in [0.15, 0.2) is 22.4 Å². The van der Waals surface area contributed by atoms with E-state index in [9.17, 15) is 52.2 Å². The summed E-state index contributed by atoms with van der Waals surface area (Å²) in [6, 6.07) is -2.01. The van der Waals surface area contributed by atoms with Crippen molar-refractivity contribution >= 4 is 62.1 Å². The van der Waals surface area contributed by atoms with Crippen molar-refractivity contribution in [3.05, 3.63) is 44.0 Å². The number of β-lactam (4-membered cyclic amide) rings is 1. The first kappa shape index (κ1) is 37.2. The fourth-order valence-electron chi connectivity index (χ4n) is 4.84. The Morgan fingerprint density at radius 2 is 1.94 bits per heavy atom. The summed E-state index contributed by atoms with van der Waals surface area (Å²) in [7, 11) is -5.15. The minimum Gasteiger partial charge on any atom is -0.503 e. The number of aromatic nitrogens is 5. The highest BCUT2D eigenvalue weighted by Crippen LogP contribution is 2.18. The van der Waals surface area contributed by atoms with Crippen LogP contribution in [-0.2, 0) is 40.8 Å². The summed E-state index contributed by atoms with van der Waals surface area (Å²) in [4.78, 5) is 101. The van der Waals surface area contributed by atoms with E-state index in [-0.39, 0.29) is 51.8 Å². The van der Waals surface area contributed by atoms with E-state index in [1.54, 1.807) is 9.62 Å². The van der Waals surface area contributed by atoms with Crippen molar-refractivity contribution in [1.29, 1.82) is 0 Å². The molecule has 2 aliphatic rings. The molecule has 5 rings (SSSR count). The average Bonchev–Trinajstić information content (AvgIpc) is 3.78. The maximum atomic E-state index is 13.4. The van der Waals surface area contributed by atoms with Crippen molar-refractivity contribution in [1.82, 2.24) is 43.6 Å². The van der Waals surface area contributed by atoms with E-state index in [1.165, 1.54) is 5.38 Å². The van der Waals surface area contributed by atoms with Gasteiger partial charge in [-0.15, -0.1) is 16.4 Å². The molecule has 0 aliphatic carbocycles. The number of rotatable bonds is 13. The molecule has 52 heavy (non-hydrogen) atoms. The number of carbonyl (C=O) groups is 5. The summed E-state index contributed by atoms with van der Waals surface area (Å²) in [5, 5.41) is 30.0. The van der Waals surface area contributed by atoms with Crippen LogP contribution in [0.3, 0.4) is 0 Å². The molecule has 0 radical (unpaired) electrons. The number of likely N-dealkylation sites (tertiary alicyclic amines) is 2. The lowest BCUT2D eigenvalue weighted by Crippen LogP contribution is -2.68. The zero-order valence-corrected chi connectivity index (χ0v) is 28.9. The molecule has 278 valence electrons. The zero-order valence-electron chi connectivity index (χ0n) is 27.3. The maximum Gasteiger partial charge on any atom is 0.362 e. The number of nitrogens with one attached hydrogen (secondary N) is 3. The summed E-state index contributed by atoms with van der Waals surface area (Å²) < 4.78 is 28.9. The second kappa shape index (κ2) is 14.3. The number of H-pyrrole nitrogens is 1. The van der Waals surface area contributed by atoms with Gasteiger partial charge in [0, 0.05) is 43.7 Å². The number of nitrogens with zero attached hydrogens (tertiary/aromatic N) is 7. The van der Waals surface area contributed by atoms with Gasteiger partial charge in [-0.1, -0.05) is 9.24 Å². The van der Waals surface area contributed by atoms with Crippen LogP contribution in [-0.4, -0.2) is 119 Å². The lowest BCUT2D eigenvalue weighted by Gasteiger charge is -2.36. The Morgan fingerprint density at radius 1 is 1.21 bits per heavy atom. The molecule has 3 aromatic rings. The number of aromatic hydroxyl groups is 1. The number of amides is 5. The van der Waals surface area contributed by atoms with Gasteiger partial charge in [0.2, 0.25) is 16.9 Å². The number of aromatic amines is 1. The largest absolute Gasteiger partial charge is 0.503 e. The van der Waals surface area contributed by atoms with E-state index in [4.69, 9.17) is 10.6 Å². The monoisotopic (exact) mass is 765 g/mol. The molecule has 0 aromatic carbocycles. The molecule has 0 spiro atoms. The summed E-state index contributed by atoms with van der Waals surface area (Å²) in [6.45, 7) is 2.36. The number of oxime groups is 1. The molecule has 5 heterocycles. The third kappa shape index (κ3) is 7.63. The summed E-state index contributed by atoms with van der Waals surface area (Å²) in [5.74, 6) is -4.64. The molecule has 5 amide bonds. The molecule has 25 heteroatoms. The number of carbonyl (C=O) groups excluding carboxylic acids is 4. The van der Waals surface area contributed by atoms with Crippen LogP contribution in [0.1, 0.15) is 38.8 Å². The Labute approximate surface area is 295 Å². The van der Waals surface area contributed by atoms with Gasteiger partial charge in [-0.3, -0.25) is 28.6 Å². The quantitative estimate of drug-likeness (QED) is 0.0599. The predicted molar refractivity (Wildman–Crippen MR) is 177 cm³/mol. The SMILES string of the molecule is CC(C)(ON=C(C(=O)N[C@H]1CN(C(=O)NS(=O)(=O)n2nc(-c3cc(=O)c(O)c[nH]3)n(CCCN3CCCC3=O)c2=O)C1=O)c1csc(N)n1)C(=O)O. The molecule has 0 saturated carbocycles. The van der Waals surface area contributed by atoms with Gasteiger partial charge in [-0.25, -0.2) is 24.1 Å². The van der Waals surface area contributed by atoms with Gasteiger partial charge in [0.25, 0.3) is 11.8 Å². The summed E-state index contributed by atoms with van der Waals surface area (Å²) >= 11 is 0.927. The van der Waals surface area contributed by atoms with Crippen molar-refractivity contribution in [3.8, 4) is 17.3 Å². The number of carboxylic acids is 1. The van der Waals surface area contributed by atoms with Crippen LogP contribution in [0.4, 0.5) is 9.93 Å². The van der Waals surface area contributed by atoms with Crippen LogP contribution in [0.5, 0.6) is 5.75 Å². The van der Waals surface area contributed by atoms with Crippen molar-refractivity contribution in [2.24, 2.45) is 5.16 Å². The van der Waals surface area contributed by atoms with Crippen molar-refractivity contribution in [2.45, 2.75) is 51.3 Å². The number of thiazole rings is 1. The van der Waals surface area contributed by atoms with Crippen molar-refractivity contribution in [3.63, 3.8) is 0 Å². The third-order valence-electron chi connectivity index (χ3n) is 7.73.